The Labute approximate surface area is 106 Å². The monoisotopic (exact) mass is 244 g/mol. The summed E-state index contributed by atoms with van der Waals surface area (Å²) in [4.78, 5) is 2.64. The van der Waals surface area contributed by atoms with Crippen LogP contribution in [0.5, 0.6) is 0 Å². The topological polar surface area (TPSA) is 15.3 Å². The molecule has 2 nitrogen and oxygen atoms in total. The van der Waals surface area contributed by atoms with Crippen LogP contribution in [-0.4, -0.2) is 48.6 Å². The molecule has 96 valence electrons. The molecule has 1 atom stereocenters. The molecule has 1 rings (SSSR count). The molecule has 0 spiro atoms. The maximum Gasteiger partial charge on any atom is 0.0197 e. The lowest BCUT2D eigenvalue weighted by molar-refractivity contribution is 0.187. The summed E-state index contributed by atoms with van der Waals surface area (Å²) >= 11 is 2.07. The number of thioether (sulfide) groups is 1. The van der Waals surface area contributed by atoms with E-state index in [4.69, 9.17) is 0 Å². The van der Waals surface area contributed by atoms with Gasteiger partial charge < -0.3 is 10.2 Å². The van der Waals surface area contributed by atoms with Gasteiger partial charge in [-0.3, -0.25) is 0 Å². The average Bonchev–Trinajstić information content (AvgIpc) is 2.24. The lowest BCUT2D eigenvalue weighted by Crippen LogP contribution is -2.51. The smallest absolute Gasteiger partial charge is 0.0197 e. The van der Waals surface area contributed by atoms with Gasteiger partial charge in [0.05, 0.1) is 0 Å². The van der Waals surface area contributed by atoms with Gasteiger partial charge in [0.1, 0.15) is 0 Å². The minimum atomic E-state index is 0.729. The molecular weight excluding hydrogens is 216 g/mol. The highest BCUT2D eigenvalue weighted by Gasteiger charge is 2.19. The van der Waals surface area contributed by atoms with Gasteiger partial charge in [-0.2, -0.15) is 11.8 Å². The highest BCUT2D eigenvalue weighted by atomic mass is 32.2. The Balaban J connectivity index is 2.12. The van der Waals surface area contributed by atoms with Gasteiger partial charge in [0.15, 0.2) is 0 Å². The van der Waals surface area contributed by atoms with Crippen molar-refractivity contribution in [1.82, 2.24) is 10.2 Å². The van der Waals surface area contributed by atoms with Gasteiger partial charge in [0.2, 0.25) is 0 Å². The first-order chi connectivity index (χ1) is 7.72. The second-order valence-electron chi connectivity index (χ2n) is 5.13. The minimum Gasteiger partial charge on any atom is -0.311 e. The highest BCUT2D eigenvalue weighted by molar-refractivity contribution is 7.99. The Morgan fingerprint density at radius 3 is 2.94 bits per heavy atom. The van der Waals surface area contributed by atoms with E-state index in [2.05, 4.69) is 42.7 Å². The van der Waals surface area contributed by atoms with E-state index in [1.807, 2.05) is 0 Å². The number of hydrogen-bond acceptors (Lipinski definition) is 3. The third-order valence-corrected chi connectivity index (χ3v) is 4.05. The summed E-state index contributed by atoms with van der Waals surface area (Å²) in [5.74, 6) is 3.40. The van der Waals surface area contributed by atoms with Gasteiger partial charge in [0, 0.05) is 25.7 Å². The quantitative estimate of drug-likeness (QED) is 0.693. The van der Waals surface area contributed by atoms with Crippen molar-refractivity contribution in [1.29, 1.82) is 0 Å². The molecule has 0 bridgehead atoms. The Kier molecular flexibility index (Phi) is 7.50. The summed E-state index contributed by atoms with van der Waals surface area (Å²) in [6.07, 6.45) is 2.67. The van der Waals surface area contributed by atoms with E-state index in [9.17, 15) is 0 Å². The van der Waals surface area contributed by atoms with Gasteiger partial charge in [0.25, 0.3) is 0 Å². The summed E-state index contributed by atoms with van der Waals surface area (Å²) < 4.78 is 0. The average molecular weight is 244 g/mol. The Morgan fingerprint density at radius 2 is 2.25 bits per heavy atom. The lowest BCUT2D eigenvalue weighted by atomic mass is 10.0. The Morgan fingerprint density at radius 1 is 1.44 bits per heavy atom. The molecule has 1 heterocycles. The van der Waals surface area contributed by atoms with E-state index >= 15 is 0 Å². The number of hydrogen-bond donors (Lipinski definition) is 1. The SMILES string of the molecule is CCSCCCN1CCNC(CC(C)C)C1. The molecule has 1 unspecified atom stereocenters. The Hall–Kier alpha value is 0.270. The zero-order valence-corrected chi connectivity index (χ0v) is 12.0. The van der Waals surface area contributed by atoms with Crippen LogP contribution in [0.4, 0.5) is 0 Å². The second kappa shape index (κ2) is 8.37. The summed E-state index contributed by atoms with van der Waals surface area (Å²) in [5.41, 5.74) is 0. The molecule has 0 saturated carbocycles. The van der Waals surface area contributed by atoms with Crippen LogP contribution in [0.1, 0.15) is 33.6 Å². The van der Waals surface area contributed by atoms with Crippen molar-refractivity contribution < 1.29 is 0 Å². The molecule has 1 N–H and O–H groups in total. The van der Waals surface area contributed by atoms with Crippen LogP contribution in [0.15, 0.2) is 0 Å². The summed E-state index contributed by atoms with van der Waals surface area (Å²) in [7, 11) is 0. The van der Waals surface area contributed by atoms with Crippen LogP contribution in [0.25, 0.3) is 0 Å². The third kappa shape index (κ3) is 6.12. The first-order valence-electron chi connectivity index (χ1n) is 6.75. The van der Waals surface area contributed by atoms with E-state index in [1.54, 1.807) is 0 Å². The first-order valence-corrected chi connectivity index (χ1v) is 7.91. The van der Waals surface area contributed by atoms with Crippen molar-refractivity contribution in [3.63, 3.8) is 0 Å². The fourth-order valence-corrected chi connectivity index (χ4v) is 2.98. The van der Waals surface area contributed by atoms with Crippen molar-refractivity contribution in [2.45, 2.75) is 39.7 Å². The molecule has 0 aliphatic carbocycles. The zero-order valence-electron chi connectivity index (χ0n) is 11.2. The molecule has 0 aromatic heterocycles. The van der Waals surface area contributed by atoms with Crippen molar-refractivity contribution in [2.75, 3.05) is 37.7 Å². The van der Waals surface area contributed by atoms with Crippen molar-refractivity contribution in [3.8, 4) is 0 Å². The van der Waals surface area contributed by atoms with Crippen molar-refractivity contribution >= 4 is 11.8 Å². The van der Waals surface area contributed by atoms with Crippen LogP contribution in [0.2, 0.25) is 0 Å². The molecule has 0 radical (unpaired) electrons. The largest absolute Gasteiger partial charge is 0.311 e. The van der Waals surface area contributed by atoms with Crippen molar-refractivity contribution in [2.24, 2.45) is 5.92 Å². The molecule has 1 aliphatic rings. The van der Waals surface area contributed by atoms with E-state index in [-0.39, 0.29) is 0 Å². The highest BCUT2D eigenvalue weighted by Crippen LogP contribution is 2.10. The number of nitrogens with one attached hydrogen (secondary N) is 1. The first kappa shape index (κ1) is 14.3. The molecule has 0 aromatic rings. The fourth-order valence-electron chi connectivity index (χ4n) is 2.36. The van der Waals surface area contributed by atoms with Gasteiger partial charge >= 0.3 is 0 Å². The molecule has 0 amide bonds. The molecule has 1 saturated heterocycles. The van der Waals surface area contributed by atoms with E-state index in [0.717, 1.165) is 12.0 Å². The molecular formula is C13H28N2S. The summed E-state index contributed by atoms with van der Waals surface area (Å²) in [5, 5.41) is 3.64. The van der Waals surface area contributed by atoms with Gasteiger partial charge in [-0.05, 0) is 36.8 Å². The molecule has 3 heteroatoms. The molecule has 1 aliphatic heterocycles. The van der Waals surface area contributed by atoms with Crippen LogP contribution in [0, 0.1) is 5.92 Å². The molecule has 1 fully saturated rings. The summed E-state index contributed by atoms with van der Waals surface area (Å²) in [6, 6.07) is 0.729. The van der Waals surface area contributed by atoms with Crippen LogP contribution in [0.3, 0.4) is 0 Å². The van der Waals surface area contributed by atoms with E-state index < -0.39 is 0 Å². The van der Waals surface area contributed by atoms with Gasteiger partial charge in [-0.1, -0.05) is 20.8 Å². The molecule has 16 heavy (non-hydrogen) atoms. The standard InChI is InChI=1S/C13H28N2S/c1-4-16-9-5-7-15-8-6-14-13(11-15)10-12(2)3/h12-14H,4-11H2,1-3H3. The number of nitrogens with zero attached hydrogens (tertiary/aromatic N) is 1. The van der Waals surface area contributed by atoms with Crippen molar-refractivity contribution in [3.05, 3.63) is 0 Å². The maximum absolute atomic E-state index is 3.64. The molecule has 0 aromatic carbocycles. The van der Waals surface area contributed by atoms with E-state index in [0.29, 0.717) is 0 Å². The third-order valence-electron chi connectivity index (χ3n) is 3.06. The predicted octanol–water partition coefficient (Wildman–Crippen LogP) is 2.45. The number of piperazine rings is 1. The predicted molar refractivity (Wildman–Crippen MR) is 75.3 cm³/mol. The summed E-state index contributed by atoms with van der Waals surface area (Å²) in [6.45, 7) is 11.9. The fraction of sp³-hybridized carbons (Fsp3) is 1.00. The normalized spacial score (nSPS) is 22.9. The van der Waals surface area contributed by atoms with E-state index in [1.165, 1.54) is 50.5 Å². The van der Waals surface area contributed by atoms with Crippen LogP contribution in [-0.2, 0) is 0 Å². The van der Waals surface area contributed by atoms with Crippen LogP contribution < -0.4 is 5.32 Å². The lowest BCUT2D eigenvalue weighted by Gasteiger charge is -2.34. The minimum absolute atomic E-state index is 0.729. The van der Waals surface area contributed by atoms with Crippen LogP contribution >= 0.6 is 11.8 Å². The Bertz CT molecular complexity index is 173. The van der Waals surface area contributed by atoms with Gasteiger partial charge in [-0.15, -0.1) is 0 Å². The zero-order chi connectivity index (χ0) is 11.8. The second-order valence-corrected chi connectivity index (χ2v) is 6.53. The maximum atomic E-state index is 3.64. The van der Waals surface area contributed by atoms with Gasteiger partial charge in [-0.25, -0.2) is 0 Å². The number of rotatable bonds is 7.